The molecule has 25 heavy (non-hydrogen) atoms. The van der Waals surface area contributed by atoms with Crippen molar-refractivity contribution in [2.24, 2.45) is 5.92 Å². The summed E-state index contributed by atoms with van der Waals surface area (Å²) in [7, 11) is -3.57. The van der Waals surface area contributed by atoms with Crippen LogP contribution in [0.25, 0.3) is 0 Å². The number of fused-ring (bicyclic) bond motifs is 1. The van der Waals surface area contributed by atoms with E-state index in [-0.39, 0.29) is 10.9 Å². The molecule has 2 heterocycles. The van der Waals surface area contributed by atoms with Gasteiger partial charge >= 0.3 is 0 Å². The minimum atomic E-state index is -3.57. The Morgan fingerprint density at radius 3 is 2.48 bits per heavy atom. The summed E-state index contributed by atoms with van der Waals surface area (Å²) >= 11 is 0. The fourth-order valence-electron chi connectivity index (χ4n) is 3.49. The molecule has 7 heteroatoms. The van der Waals surface area contributed by atoms with E-state index in [9.17, 15) is 8.42 Å². The highest BCUT2D eigenvalue weighted by Gasteiger charge is 2.25. The largest absolute Gasteiger partial charge is 0.486 e. The van der Waals surface area contributed by atoms with Crippen molar-refractivity contribution < 1.29 is 17.9 Å². The first-order chi connectivity index (χ1) is 12.0. The van der Waals surface area contributed by atoms with Crippen molar-refractivity contribution in [3.63, 3.8) is 0 Å². The van der Waals surface area contributed by atoms with Gasteiger partial charge in [-0.25, -0.2) is 13.1 Å². The van der Waals surface area contributed by atoms with Crippen LogP contribution in [0.4, 0.5) is 0 Å². The Kier molecular flexibility index (Phi) is 5.86. The highest BCUT2D eigenvalue weighted by molar-refractivity contribution is 7.89. The summed E-state index contributed by atoms with van der Waals surface area (Å²) in [6, 6.07) is 5.03. The first kappa shape index (κ1) is 18.5. The number of nitrogens with one attached hydrogen (secondary N) is 1. The van der Waals surface area contributed by atoms with E-state index in [1.807, 2.05) is 0 Å². The lowest BCUT2D eigenvalue weighted by Gasteiger charge is -2.29. The quantitative estimate of drug-likeness (QED) is 0.799. The Hall–Kier alpha value is -1.31. The number of hydrogen-bond donors (Lipinski definition) is 1. The van der Waals surface area contributed by atoms with E-state index in [1.54, 1.807) is 18.2 Å². The number of likely N-dealkylation sites (tertiary alicyclic amines) is 1. The van der Waals surface area contributed by atoms with Gasteiger partial charge in [-0.05, 0) is 50.4 Å². The SMILES string of the molecule is CC(C)CC(CNS(=O)(=O)c1ccc2c(c1)OCCO2)N1CCCC1. The Bertz CT molecular complexity index is 684. The summed E-state index contributed by atoms with van der Waals surface area (Å²) in [5, 5.41) is 0. The fraction of sp³-hybridized carbons (Fsp3) is 0.667. The molecule has 1 atom stereocenters. The van der Waals surface area contributed by atoms with Crippen LogP contribution in [-0.2, 0) is 10.0 Å². The normalized spacial score (nSPS) is 19.3. The maximum atomic E-state index is 12.7. The molecule has 0 aliphatic carbocycles. The second-order valence-corrected chi connectivity index (χ2v) is 8.95. The van der Waals surface area contributed by atoms with Crippen molar-refractivity contribution >= 4 is 10.0 Å². The van der Waals surface area contributed by atoms with Gasteiger partial charge in [-0.15, -0.1) is 0 Å². The van der Waals surface area contributed by atoms with Gasteiger partial charge in [-0.1, -0.05) is 13.8 Å². The van der Waals surface area contributed by atoms with E-state index in [0.29, 0.717) is 37.2 Å². The number of rotatable bonds is 7. The molecule has 2 aliphatic heterocycles. The summed E-state index contributed by atoms with van der Waals surface area (Å²) < 4.78 is 39.1. The average molecular weight is 368 g/mol. The lowest BCUT2D eigenvalue weighted by molar-refractivity contribution is 0.171. The van der Waals surface area contributed by atoms with Crippen molar-refractivity contribution in [3.05, 3.63) is 18.2 Å². The molecule has 1 unspecified atom stereocenters. The number of ether oxygens (including phenoxy) is 2. The van der Waals surface area contributed by atoms with Gasteiger partial charge in [0.1, 0.15) is 13.2 Å². The molecular formula is C18H28N2O4S. The van der Waals surface area contributed by atoms with Crippen molar-refractivity contribution in [2.45, 2.75) is 44.0 Å². The first-order valence-corrected chi connectivity index (χ1v) is 10.6. The molecule has 0 radical (unpaired) electrons. The molecule has 1 aromatic carbocycles. The van der Waals surface area contributed by atoms with Crippen LogP contribution in [0.5, 0.6) is 11.5 Å². The van der Waals surface area contributed by atoms with Crippen LogP contribution in [0, 0.1) is 5.92 Å². The molecule has 0 bridgehead atoms. The topological polar surface area (TPSA) is 67.9 Å². The third kappa shape index (κ3) is 4.65. The van der Waals surface area contributed by atoms with E-state index in [4.69, 9.17) is 9.47 Å². The van der Waals surface area contributed by atoms with E-state index in [1.165, 1.54) is 12.8 Å². The molecule has 0 saturated carbocycles. The van der Waals surface area contributed by atoms with Crippen molar-refractivity contribution in [1.82, 2.24) is 9.62 Å². The molecule has 1 fully saturated rings. The van der Waals surface area contributed by atoms with Crippen molar-refractivity contribution in [3.8, 4) is 11.5 Å². The summed E-state index contributed by atoms with van der Waals surface area (Å²) in [4.78, 5) is 2.63. The van der Waals surface area contributed by atoms with Gasteiger partial charge in [0.2, 0.25) is 10.0 Å². The molecule has 6 nitrogen and oxygen atoms in total. The predicted octanol–water partition coefficient (Wildman–Crippen LogP) is 2.25. The van der Waals surface area contributed by atoms with E-state index in [2.05, 4.69) is 23.5 Å². The van der Waals surface area contributed by atoms with Crippen LogP contribution < -0.4 is 14.2 Å². The minimum absolute atomic E-state index is 0.224. The number of nitrogens with zero attached hydrogens (tertiary/aromatic N) is 1. The summed E-state index contributed by atoms with van der Waals surface area (Å²) in [6.07, 6.45) is 3.39. The lowest BCUT2D eigenvalue weighted by atomic mass is 10.0. The second-order valence-electron chi connectivity index (χ2n) is 7.18. The third-order valence-electron chi connectivity index (χ3n) is 4.73. The van der Waals surface area contributed by atoms with Crippen LogP contribution in [0.3, 0.4) is 0 Å². The average Bonchev–Trinajstić information content (AvgIpc) is 3.12. The molecule has 3 rings (SSSR count). The number of sulfonamides is 1. The molecule has 0 spiro atoms. The fourth-order valence-corrected chi connectivity index (χ4v) is 4.58. The molecule has 1 aromatic rings. The van der Waals surface area contributed by atoms with Gasteiger partial charge in [0.05, 0.1) is 4.90 Å². The number of hydrogen-bond acceptors (Lipinski definition) is 5. The van der Waals surface area contributed by atoms with Gasteiger partial charge in [0, 0.05) is 18.7 Å². The van der Waals surface area contributed by atoms with Crippen LogP contribution in [0.2, 0.25) is 0 Å². The van der Waals surface area contributed by atoms with Gasteiger partial charge in [0.25, 0.3) is 0 Å². The Labute approximate surface area is 150 Å². The molecule has 0 aromatic heterocycles. The van der Waals surface area contributed by atoms with Crippen LogP contribution >= 0.6 is 0 Å². The van der Waals surface area contributed by atoms with Crippen molar-refractivity contribution in [2.75, 3.05) is 32.8 Å². The lowest BCUT2D eigenvalue weighted by Crippen LogP contribution is -2.43. The molecule has 0 amide bonds. The van der Waals surface area contributed by atoms with Crippen LogP contribution in [0.15, 0.2) is 23.1 Å². The Morgan fingerprint density at radius 2 is 1.80 bits per heavy atom. The van der Waals surface area contributed by atoms with Gasteiger partial charge in [0.15, 0.2) is 11.5 Å². The minimum Gasteiger partial charge on any atom is -0.486 e. The van der Waals surface area contributed by atoms with Gasteiger partial charge in [-0.2, -0.15) is 0 Å². The van der Waals surface area contributed by atoms with Crippen LogP contribution in [0.1, 0.15) is 33.1 Å². The molecule has 1 N–H and O–H groups in total. The van der Waals surface area contributed by atoms with E-state index >= 15 is 0 Å². The van der Waals surface area contributed by atoms with Crippen LogP contribution in [-0.4, -0.2) is 52.2 Å². The Morgan fingerprint density at radius 1 is 1.12 bits per heavy atom. The molecular weight excluding hydrogens is 340 g/mol. The molecule has 140 valence electrons. The zero-order valence-electron chi connectivity index (χ0n) is 15.0. The van der Waals surface area contributed by atoms with Crippen molar-refractivity contribution in [1.29, 1.82) is 0 Å². The van der Waals surface area contributed by atoms with E-state index in [0.717, 1.165) is 19.5 Å². The molecule has 2 aliphatic rings. The smallest absolute Gasteiger partial charge is 0.240 e. The third-order valence-corrected chi connectivity index (χ3v) is 6.15. The molecule has 1 saturated heterocycles. The highest BCUT2D eigenvalue weighted by atomic mass is 32.2. The predicted molar refractivity (Wildman–Crippen MR) is 96.7 cm³/mol. The highest BCUT2D eigenvalue weighted by Crippen LogP contribution is 2.32. The number of benzene rings is 1. The first-order valence-electron chi connectivity index (χ1n) is 9.09. The van der Waals surface area contributed by atoms with E-state index < -0.39 is 10.0 Å². The van der Waals surface area contributed by atoms with Gasteiger partial charge < -0.3 is 9.47 Å². The maximum Gasteiger partial charge on any atom is 0.240 e. The zero-order valence-corrected chi connectivity index (χ0v) is 15.8. The summed E-state index contributed by atoms with van der Waals surface area (Å²) in [5.41, 5.74) is 0. The monoisotopic (exact) mass is 368 g/mol. The standard InChI is InChI=1S/C18H28N2O4S/c1-14(2)11-15(20-7-3-4-8-20)13-19-25(21,22)16-5-6-17-18(12-16)24-10-9-23-17/h5-6,12,14-15,19H,3-4,7-11,13H2,1-2H3. The zero-order chi connectivity index (χ0) is 17.9. The van der Waals surface area contributed by atoms with Gasteiger partial charge in [-0.3, -0.25) is 4.90 Å². The summed E-state index contributed by atoms with van der Waals surface area (Å²) in [5.74, 6) is 1.62. The maximum absolute atomic E-state index is 12.7. The summed E-state index contributed by atoms with van der Waals surface area (Å²) in [6.45, 7) is 7.84. The second kappa shape index (κ2) is 7.93. The Balaban J connectivity index is 1.69.